The summed E-state index contributed by atoms with van der Waals surface area (Å²) in [6, 6.07) is -1.83. The van der Waals surface area contributed by atoms with E-state index < -0.39 is 12.1 Å². The zero-order valence-electron chi connectivity index (χ0n) is 11.6. The first-order valence-corrected chi connectivity index (χ1v) is 14.5. The molecule has 100 valence electrons. The fraction of sp³-hybridized carbons (Fsp3) is 1.00. The molecule has 15 heavy (non-hydrogen) atoms. The molecule has 0 aromatic carbocycles. The number of hydrogen-bond donors (Lipinski definition) is 0. The third-order valence-corrected chi connectivity index (χ3v) is 29.7. The second-order valence-corrected chi connectivity index (χ2v) is 22.1. The summed E-state index contributed by atoms with van der Waals surface area (Å²) in [4.78, 5) is 0. The fourth-order valence-corrected chi connectivity index (χ4v) is 30.1. The van der Waals surface area contributed by atoms with Crippen LogP contribution < -0.4 is 0 Å². The summed E-state index contributed by atoms with van der Waals surface area (Å²) in [6.07, 6.45) is 8.97. The molecular weight excluding hydrogens is 265 g/mol. The van der Waals surface area contributed by atoms with Crippen molar-refractivity contribution in [3.63, 3.8) is 0 Å². The SMILES string of the molecule is CC[PH](CC)(CC)[Ni][PH](CC)(CC)CC. The van der Waals surface area contributed by atoms with Crippen molar-refractivity contribution in [2.24, 2.45) is 0 Å². The van der Waals surface area contributed by atoms with Gasteiger partial charge in [-0.05, 0) is 0 Å². The molecule has 0 nitrogen and oxygen atoms in total. The van der Waals surface area contributed by atoms with Gasteiger partial charge >= 0.3 is 104 Å². The Morgan fingerprint density at radius 3 is 0.867 bits per heavy atom. The number of rotatable bonds is 8. The van der Waals surface area contributed by atoms with Gasteiger partial charge in [0.15, 0.2) is 0 Å². The molecule has 0 spiro atoms. The molecule has 0 rings (SSSR count). The van der Waals surface area contributed by atoms with E-state index in [0.29, 0.717) is 0 Å². The molecule has 0 amide bonds. The minimum absolute atomic E-state index is 0.917. The van der Waals surface area contributed by atoms with E-state index in [9.17, 15) is 0 Å². The van der Waals surface area contributed by atoms with Crippen LogP contribution >= 0.6 is 12.1 Å². The molecule has 0 bridgehead atoms. The molecule has 0 aromatic heterocycles. The average molecular weight is 297 g/mol. The summed E-state index contributed by atoms with van der Waals surface area (Å²) < 4.78 is 0. The van der Waals surface area contributed by atoms with Gasteiger partial charge in [-0.2, -0.15) is 0 Å². The molecule has 0 unspecified atom stereocenters. The monoisotopic (exact) mass is 296 g/mol. The topological polar surface area (TPSA) is 0 Å². The first-order valence-electron chi connectivity index (χ1n) is 6.68. The molecular formula is C12H32NiP2. The van der Waals surface area contributed by atoms with Gasteiger partial charge in [-0.3, -0.25) is 0 Å². The second kappa shape index (κ2) is 7.64. The molecule has 3 heteroatoms. The molecule has 0 saturated carbocycles. The zero-order chi connectivity index (χ0) is 11.9. The van der Waals surface area contributed by atoms with Crippen LogP contribution in [0.3, 0.4) is 0 Å². The van der Waals surface area contributed by atoms with Gasteiger partial charge < -0.3 is 0 Å². The second-order valence-electron chi connectivity index (χ2n) is 4.37. The maximum absolute atomic E-state index is 2.44. The molecule has 0 fully saturated rings. The predicted octanol–water partition coefficient (Wildman–Crippen LogP) is 4.52. The van der Waals surface area contributed by atoms with Gasteiger partial charge in [0.05, 0.1) is 0 Å². The van der Waals surface area contributed by atoms with Crippen LogP contribution in [0.15, 0.2) is 0 Å². The van der Waals surface area contributed by atoms with E-state index in [1.807, 2.05) is 0 Å². The predicted molar refractivity (Wildman–Crippen MR) is 79.9 cm³/mol. The Hall–Kier alpha value is 1.35. The summed E-state index contributed by atoms with van der Waals surface area (Å²) in [5.74, 6) is 0. The van der Waals surface area contributed by atoms with Crippen LogP contribution in [0.25, 0.3) is 0 Å². The van der Waals surface area contributed by atoms with Crippen LogP contribution in [-0.2, 0) is 13.6 Å². The molecule has 0 saturated heterocycles. The summed E-state index contributed by atoms with van der Waals surface area (Å²) in [5.41, 5.74) is 0. The Labute approximate surface area is 104 Å². The average Bonchev–Trinajstić information content (AvgIpc) is 2.33. The molecule has 0 aromatic rings. The third kappa shape index (κ3) is 4.26. The molecule has 0 aliphatic heterocycles. The van der Waals surface area contributed by atoms with E-state index >= 15 is 0 Å². The summed E-state index contributed by atoms with van der Waals surface area (Å²) in [5, 5.41) is 0. The van der Waals surface area contributed by atoms with Crippen molar-refractivity contribution in [3.8, 4) is 0 Å². The van der Waals surface area contributed by atoms with Crippen LogP contribution in [0, 0.1) is 0 Å². The van der Waals surface area contributed by atoms with E-state index in [1.165, 1.54) is 37.0 Å². The Morgan fingerprint density at radius 1 is 0.533 bits per heavy atom. The van der Waals surface area contributed by atoms with Crippen LogP contribution in [0.1, 0.15) is 41.5 Å². The first kappa shape index (κ1) is 16.4. The van der Waals surface area contributed by atoms with Crippen molar-refractivity contribution >= 4 is 12.1 Å². The van der Waals surface area contributed by atoms with Gasteiger partial charge in [0, 0.05) is 0 Å². The van der Waals surface area contributed by atoms with Crippen LogP contribution in [0.2, 0.25) is 0 Å². The molecule has 0 radical (unpaired) electrons. The molecule has 0 atom stereocenters. The van der Waals surface area contributed by atoms with E-state index in [2.05, 4.69) is 55.1 Å². The maximum atomic E-state index is 2.44. The van der Waals surface area contributed by atoms with Crippen LogP contribution in [0.4, 0.5) is 0 Å². The molecule has 0 heterocycles. The summed E-state index contributed by atoms with van der Waals surface area (Å²) >= 11 is 2.35. The third-order valence-electron chi connectivity index (χ3n) is 4.01. The van der Waals surface area contributed by atoms with Gasteiger partial charge in [0.1, 0.15) is 0 Å². The summed E-state index contributed by atoms with van der Waals surface area (Å²) in [7, 11) is 0. The van der Waals surface area contributed by atoms with Crippen molar-refractivity contribution < 1.29 is 13.6 Å². The Balaban J connectivity index is 4.74. The van der Waals surface area contributed by atoms with Gasteiger partial charge in [-0.25, -0.2) is 0 Å². The van der Waals surface area contributed by atoms with E-state index in [-0.39, 0.29) is 0 Å². The van der Waals surface area contributed by atoms with Crippen molar-refractivity contribution in [3.05, 3.63) is 0 Å². The Kier molecular flexibility index (Phi) is 8.32. The van der Waals surface area contributed by atoms with Gasteiger partial charge in [-0.15, -0.1) is 0 Å². The number of hydrogen-bond acceptors (Lipinski definition) is 0. The molecule has 0 aliphatic carbocycles. The zero-order valence-corrected chi connectivity index (χ0v) is 14.5. The Morgan fingerprint density at radius 2 is 0.733 bits per heavy atom. The quantitative estimate of drug-likeness (QED) is 0.456. The van der Waals surface area contributed by atoms with Crippen molar-refractivity contribution in [2.45, 2.75) is 41.5 Å². The van der Waals surface area contributed by atoms with Gasteiger partial charge in [0.25, 0.3) is 0 Å². The first-order chi connectivity index (χ1) is 7.07. The molecule has 0 aliphatic rings. The van der Waals surface area contributed by atoms with E-state index in [0.717, 1.165) is 0 Å². The van der Waals surface area contributed by atoms with Crippen LogP contribution in [-0.4, -0.2) is 37.0 Å². The normalized spacial score (nSPS) is 15.6. The summed E-state index contributed by atoms with van der Waals surface area (Å²) in [6.45, 7) is 14.7. The van der Waals surface area contributed by atoms with Crippen LogP contribution in [0.5, 0.6) is 0 Å². The Bertz CT molecular complexity index is 128. The fourth-order valence-electron chi connectivity index (χ4n) is 2.19. The minimum atomic E-state index is -0.917. The van der Waals surface area contributed by atoms with Gasteiger partial charge in [-0.1, -0.05) is 0 Å². The van der Waals surface area contributed by atoms with Crippen molar-refractivity contribution in [1.29, 1.82) is 0 Å². The van der Waals surface area contributed by atoms with Gasteiger partial charge in [0.2, 0.25) is 0 Å². The van der Waals surface area contributed by atoms with E-state index in [1.54, 1.807) is 0 Å². The molecule has 0 N–H and O–H groups in total. The van der Waals surface area contributed by atoms with Crippen molar-refractivity contribution in [2.75, 3.05) is 37.0 Å². The van der Waals surface area contributed by atoms with E-state index in [4.69, 9.17) is 0 Å². The standard InChI is InChI=1S/2C6H15P.Ni/c2*1-4-7(5-2)6-3;/h2*4-6H2,1-3H3;/q;;-2/p+2. The van der Waals surface area contributed by atoms with Crippen molar-refractivity contribution in [1.82, 2.24) is 0 Å².